The highest BCUT2D eigenvalue weighted by molar-refractivity contribution is 6.30. The molecule has 2 rings (SSSR count). The number of halogens is 1. The molecule has 0 aliphatic rings. The van der Waals surface area contributed by atoms with Gasteiger partial charge in [-0.15, -0.1) is 0 Å². The van der Waals surface area contributed by atoms with Gasteiger partial charge in [0.25, 0.3) is 0 Å². The maximum Gasteiger partial charge on any atom is 0.122 e. The Hall–Kier alpha value is -1.51. The molecule has 0 heterocycles. The van der Waals surface area contributed by atoms with Crippen LogP contribution < -0.4 is 4.74 Å². The van der Waals surface area contributed by atoms with Crippen LogP contribution in [-0.2, 0) is 13.0 Å². The predicted molar refractivity (Wildman–Crippen MR) is 89.1 cm³/mol. The Labute approximate surface area is 132 Å². The zero-order valence-corrected chi connectivity index (χ0v) is 13.4. The quantitative estimate of drug-likeness (QED) is 0.751. The van der Waals surface area contributed by atoms with Crippen LogP contribution in [0.4, 0.5) is 0 Å². The van der Waals surface area contributed by atoms with E-state index in [4.69, 9.17) is 16.3 Å². The van der Waals surface area contributed by atoms with Crippen LogP contribution in [0.25, 0.3) is 0 Å². The molecular weight excluding hydrogens is 282 g/mol. The van der Waals surface area contributed by atoms with E-state index in [1.807, 2.05) is 36.4 Å². The van der Waals surface area contributed by atoms with Gasteiger partial charge in [0.15, 0.2) is 0 Å². The Balaban J connectivity index is 1.94. The second-order valence-corrected chi connectivity index (χ2v) is 5.87. The third-order valence-electron chi connectivity index (χ3n) is 3.33. The molecule has 2 aromatic rings. The second-order valence-electron chi connectivity index (χ2n) is 5.43. The number of hydrogen-bond donors (Lipinski definition) is 0. The highest BCUT2D eigenvalue weighted by atomic mass is 35.5. The van der Waals surface area contributed by atoms with E-state index < -0.39 is 0 Å². The van der Waals surface area contributed by atoms with Gasteiger partial charge >= 0.3 is 0 Å². The monoisotopic (exact) mass is 303 g/mol. The van der Waals surface area contributed by atoms with Crippen LogP contribution in [0.5, 0.6) is 5.75 Å². The Bertz CT molecular complexity index is 551. The van der Waals surface area contributed by atoms with Gasteiger partial charge in [0.05, 0.1) is 0 Å². The normalized spacial score (nSPS) is 10.9. The standard InChI is InChI=1S/C18H22ClNO/c1-20(2)13-5-7-16-6-3-4-8-18(16)21-14-15-9-11-17(19)12-10-15/h3-4,6,8-12H,5,7,13-14H2,1-2H3. The molecule has 0 aromatic heterocycles. The number of nitrogens with zero attached hydrogens (tertiary/aromatic N) is 1. The van der Waals surface area contributed by atoms with Gasteiger partial charge in [-0.05, 0) is 62.8 Å². The van der Waals surface area contributed by atoms with Crippen molar-refractivity contribution in [2.45, 2.75) is 19.4 Å². The number of hydrogen-bond acceptors (Lipinski definition) is 2. The summed E-state index contributed by atoms with van der Waals surface area (Å²) in [4.78, 5) is 2.21. The molecule has 0 saturated heterocycles. The third-order valence-corrected chi connectivity index (χ3v) is 3.58. The average molecular weight is 304 g/mol. The molecule has 0 aliphatic carbocycles. The van der Waals surface area contributed by atoms with Crippen molar-refractivity contribution in [3.8, 4) is 5.75 Å². The molecule has 0 radical (unpaired) electrons. The van der Waals surface area contributed by atoms with Gasteiger partial charge < -0.3 is 9.64 Å². The molecule has 0 fully saturated rings. The van der Waals surface area contributed by atoms with Crippen molar-refractivity contribution in [1.82, 2.24) is 4.90 Å². The largest absolute Gasteiger partial charge is 0.489 e. The molecule has 0 amide bonds. The van der Waals surface area contributed by atoms with Gasteiger partial charge in [-0.25, -0.2) is 0 Å². The minimum absolute atomic E-state index is 0.571. The minimum Gasteiger partial charge on any atom is -0.489 e. The first-order valence-electron chi connectivity index (χ1n) is 7.25. The molecule has 0 bridgehead atoms. The fraction of sp³-hybridized carbons (Fsp3) is 0.333. The van der Waals surface area contributed by atoms with E-state index in [9.17, 15) is 0 Å². The number of ether oxygens (including phenoxy) is 1. The Morgan fingerprint density at radius 2 is 1.71 bits per heavy atom. The first-order valence-corrected chi connectivity index (χ1v) is 7.63. The van der Waals surface area contributed by atoms with Gasteiger partial charge in [0.2, 0.25) is 0 Å². The molecule has 0 spiro atoms. The summed E-state index contributed by atoms with van der Waals surface area (Å²) in [6, 6.07) is 16.1. The first kappa shape index (κ1) is 15.9. The van der Waals surface area contributed by atoms with Crippen molar-refractivity contribution in [2.75, 3.05) is 20.6 Å². The fourth-order valence-corrected chi connectivity index (χ4v) is 2.30. The topological polar surface area (TPSA) is 12.5 Å². The lowest BCUT2D eigenvalue weighted by Gasteiger charge is -2.13. The molecule has 3 heteroatoms. The van der Waals surface area contributed by atoms with Crippen LogP contribution in [0.15, 0.2) is 48.5 Å². The van der Waals surface area contributed by atoms with Crippen molar-refractivity contribution in [3.05, 3.63) is 64.7 Å². The lowest BCUT2D eigenvalue weighted by atomic mass is 10.1. The highest BCUT2D eigenvalue weighted by Crippen LogP contribution is 2.21. The molecule has 2 aromatic carbocycles. The van der Waals surface area contributed by atoms with E-state index in [1.54, 1.807) is 0 Å². The summed E-state index contributed by atoms with van der Waals surface area (Å²) < 4.78 is 5.96. The first-order chi connectivity index (χ1) is 10.1. The number of benzene rings is 2. The smallest absolute Gasteiger partial charge is 0.122 e. The molecule has 0 N–H and O–H groups in total. The van der Waals surface area contributed by atoms with E-state index in [1.165, 1.54) is 5.56 Å². The third kappa shape index (κ3) is 5.41. The van der Waals surface area contributed by atoms with Crippen LogP contribution in [0.2, 0.25) is 5.02 Å². The molecule has 2 nitrogen and oxygen atoms in total. The minimum atomic E-state index is 0.571. The maximum atomic E-state index is 5.96. The van der Waals surface area contributed by atoms with Crippen molar-refractivity contribution in [3.63, 3.8) is 0 Å². The van der Waals surface area contributed by atoms with Gasteiger partial charge in [-0.2, -0.15) is 0 Å². The summed E-state index contributed by atoms with van der Waals surface area (Å²) in [6.07, 6.45) is 2.17. The summed E-state index contributed by atoms with van der Waals surface area (Å²) in [6.45, 7) is 1.66. The van der Waals surface area contributed by atoms with Gasteiger partial charge in [0, 0.05) is 5.02 Å². The SMILES string of the molecule is CN(C)CCCc1ccccc1OCc1ccc(Cl)cc1. The van der Waals surface area contributed by atoms with Crippen LogP contribution in [0.1, 0.15) is 17.5 Å². The Morgan fingerprint density at radius 1 is 1.00 bits per heavy atom. The lowest BCUT2D eigenvalue weighted by molar-refractivity contribution is 0.302. The zero-order valence-electron chi connectivity index (χ0n) is 12.7. The summed E-state index contributed by atoms with van der Waals surface area (Å²) in [5, 5.41) is 0.753. The molecule has 0 unspecified atom stereocenters. The van der Waals surface area contributed by atoms with Crippen molar-refractivity contribution in [2.24, 2.45) is 0 Å². The van der Waals surface area contributed by atoms with E-state index >= 15 is 0 Å². The van der Waals surface area contributed by atoms with Crippen LogP contribution in [0.3, 0.4) is 0 Å². The summed E-state index contributed by atoms with van der Waals surface area (Å²) >= 11 is 5.89. The van der Waals surface area contributed by atoms with E-state index in [0.717, 1.165) is 35.7 Å². The Kier molecular flexibility index (Phi) is 6.09. The zero-order chi connectivity index (χ0) is 15.1. The highest BCUT2D eigenvalue weighted by Gasteiger charge is 2.04. The van der Waals surface area contributed by atoms with Gasteiger partial charge in [-0.1, -0.05) is 41.9 Å². The van der Waals surface area contributed by atoms with Crippen molar-refractivity contribution in [1.29, 1.82) is 0 Å². The number of rotatable bonds is 7. The van der Waals surface area contributed by atoms with Crippen LogP contribution in [-0.4, -0.2) is 25.5 Å². The van der Waals surface area contributed by atoms with Gasteiger partial charge in [0.1, 0.15) is 12.4 Å². The van der Waals surface area contributed by atoms with Crippen LogP contribution >= 0.6 is 11.6 Å². The predicted octanol–water partition coefficient (Wildman–Crippen LogP) is 4.41. The lowest BCUT2D eigenvalue weighted by Crippen LogP contribution is -2.13. The van der Waals surface area contributed by atoms with Crippen LogP contribution in [0, 0.1) is 0 Å². The second kappa shape index (κ2) is 8.06. The molecule has 112 valence electrons. The molecule has 21 heavy (non-hydrogen) atoms. The molecular formula is C18H22ClNO. The summed E-state index contributed by atoms with van der Waals surface area (Å²) in [7, 11) is 4.20. The average Bonchev–Trinajstić information content (AvgIpc) is 2.47. The molecule has 0 atom stereocenters. The van der Waals surface area contributed by atoms with Crippen molar-refractivity contribution < 1.29 is 4.74 Å². The molecule has 0 saturated carbocycles. The number of aryl methyl sites for hydroxylation is 1. The number of para-hydroxylation sites is 1. The van der Waals surface area contributed by atoms with E-state index in [2.05, 4.69) is 31.1 Å². The maximum absolute atomic E-state index is 5.96. The van der Waals surface area contributed by atoms with E-state index in [0.29, 0.717) is 6.61 Å². The summed E-state index contributed by atoms with van der Waals surface area (Å²) in [5.41, 5.74) is 2.40. The Morgan fingerprint density at radius 3 is 2.43 bits per heavy atom. The summed E-state index contributed by atoms with van der Waals surface area (Å²) in [5.74, 6) is 0.978. The van der Waals surface area contributed by atoms with Gasteiger partial charge in [-0.3, -0.25) is 0 Å². The fourth-order valence-electron chi connectivity index (χ4n) is 2.18. The van der Waals surface area contributed by atoms with E-state index in [-0.39, 0.29) is 0 Å². The van der Waals surface area contributed by atoms with Crippen molar-refractivity contribution >= 4 is 11.6 Å². The molecule has 0 aliphatic heterocycles.